The van der Waals surface area contributed by atoms with Crippen molar-refractivity contribution in [3.05, 3.63) is 95.1 Å². The molecule has 1 atom stereocenters. The van der Waals surface area contributed by atoms with E-state index < -0.39 is 0 Å². The van der Waals surface area contributed by atoms with Crippen molar-refractivity contribution in [3.8, 4) is 5.75 Å². The molecule has 1 heterocycles. The zero-order chi connectivity index (χ0) is 21.1. The predicted octanol–water partition coefficient (Wildman–Crippen LogP) is 4.73. The molecule has 3 aromatic carbocycles. The molecular formula is C25H24N2O3. The van der Waals surface area contributed by atoms with Gasteiger partial charge in [-0.2, -0.15) is 0 Å². The number of nitrogens with one attached hydrogen (secondary N) is 1. The third kappa shape index (κ3) is 3.92. The first kappa shape index (κ1) is 19.7. The summed E-state index contributed by atoms with van der Waals surface area (Å²) < 4.78 is 5.26. The van der Waals surface area contributed by atoms with Gasteiger partial charge in [-0.1, -0.05) is 48.5 Å². The zero-order valence-corrected chi connectivity index (χ0v) is 17.1. The van der Waals surface area contributed by atoms with E-state index in [0.717, 1.165) is 28.1 Å². The molecule has 0 unspecified atom stereocenters. The Morgan fingerprint density at radius 3 is 2.43 bits per heavy atom. The van der Waals surface area contributed by atoms with Crippen LogP contribution in [0.3, 0.4) is 0 Å². The minimum absolute atomic E-state index is 0.0462. The van der Waals surface area contributed by atoms with Gasteiger partial charge in [0.25, 0.3) is 5.91 Å². The molecule has 5 nitrogen and oxygen atoms in total. The fourth-order valence-electron chi connectivity index (χ4n) is 3.85. The number of anilines is 1. The van der Waals surface area contributed by atoms with Crippen molar-refractivity contribution in [2.75, 3.05) is 12.4 Å². The lowest BCUT2D eigenvalue weighted by Crippen LogP contribution is -2.32. The quantitative estimate of drug-likeness (QED) is 0.651. The van der Waals surface area contributed by atoms with E-state index in [2.05, 4.69) is 5.32 Å². The van der Waals surface area contributed by atoms with E-state index >= 15 is 0 Å². The molecule has 0 saturated carbocycles. The van der Waals surface area contributed by atoms with Gasteiger partial charge in [0.2, 0.25) is 5.91 Å². The highest BCUT2D eigenvalue weighted by Crippen LogP contribution is 2.34. The van der Waals surface area contributed by atoms with Gasteiger partial charge in [-0.15, -0.1) is 0 Å². The van der Waals surface area contributed by atoms with Crippen LogP contribution < -0.4 is 10.1 Å². The smallest absolute Gasteiger partial charge is 0.255 e. The number of rotatable bonds is 6. The molecule has 4 rings (SSSR count). The van der Waals surface area contributed by atoms with Gasteiger partial charge < -0.3 is 15.0 Å². The Bertz CT molecular complexity index is 1080. The average molecular weight is 400 g/mol. The fraction of sp³-hybridized carbons (Fsp3) is 0.200. The maximum Gasteiger partial charge on any atom is 0.255 e. The Labute approximate surface area is 176 Å². The van der Waals surface area contributed by atoms with E-state index in [1.165, 1.54) is 0 Å². The number of fused-ring (bicyclic) bond motifs is 1. The molecule has 5 heteroatoms. The maximum absolute atomic E-state index is 13.1. The van der Waals surface area contributed by atoms with Crippen LogP contribution in [0.2, 0.25) is 0 Å². The van der Waals surface area contributed by atoms with Crippen LogP contribution in [0.25, 0.3) is 0 Å². The summed E-state index contributed by atoms with van der Waals surface area (Å²) in [5, 5.41) is 2.99. The van der Waals surface area contributed by atoms with Crippen LogP contribution in [0.1, 0.15) is 39.5 Å². The number of ether oxygens (including phenoxy) is 1. The van der Waals surface area contributed by atoms with Crippen LogP contribution in [-0.2, 0) is 11.3 Å². The Morgan fingerprint density at radius 1 is 1.03 bits per heavy atom. The first-order chi connectivity index (χ1) is 14.6. The number of para-hydroxylation sites is 1. The molecular weight excluding hydrogens is 376 g/mol. The maximum atomic E-state index is 13.1. The highest BCUT2D eigenvalue weighted by Gasteiger charge is 2.34. The second-order valence-electron chi connectivity index (χ2n) is 7.45. The third-order valence-corrected chi connectivity index (χ3v) is 5.52. The summed E-state index contributed by atoms with van der Waals surface area (Å²) in [6.45, 7) is 2.44. The minimum atomic E-state index is -0.375. The van der Waals surface area contributed by atoms with Gasteiger partial charge in [0.05, 0.1) is 19.6 Å². The molecule has 2 amide bonds. The summed E-state index contributed by atoms with van der Waals surface area (Å²) in [6.07, 6.45) is 0.167. The Hall–Kier alpha value is -3.60. The van der Waals surface area contributed by atoms with Crippen molar-refractivity contribution >= 4 is 17.5 Å². The Balaban J connectivity index is 1.61. The van der Waals surface area contributed by atoms with E-state index in [4.69, 9.17) is 4.74 Å². The molecule has 0 aliphatic carbocycles. The van der Waals surface area contributed by atoms with Crippen LogP contribution in [0.4, 0.5) is 5.69 Å². The predicted molar refractivity (Wildman–Crippen MR) is 116 cm³/mol. The second kappa shape index (κ2) is 8.41. The van der Waals surface area contributed by atoms with E-state index in [-0.39, 0.29) is 24.3 Å². The third-order valence-electron chi connectivity index (χ3n) is 5.52. The van der Waals surface area contributed by atoms with Crippen molar-refractivity contribution < 1.29 is 14.3 Å². The summed E-state index contributed by atoms with van der Waals surface area (Å²) in [4.78, 5) is 27.8. The Morgan fingerprint density at radius 2 is 1.73 bits per heavy atom. The van der Waals surface area contributed by atoms with Gasteiger partial charge in [0, 0.05) is 17.8 Å². The van der Waals surface area contributed by atoms with E-state index in [0.29, 0.717) is 12.1 Å². The standard InChI is InChI=1S/C25H24N2O3/c1-17-7-3-6-10-22(17)26-24(28)15-23(18-11-13-20(30-2)14-12-18)27-16-19-8-4-5-9-21(19)25(27)29/h3-14,23H,15-16H2,1-2H3,(H,26,28)/t23-/m0/s1. The summed E-state index contributed by atoms with van der Waals surface area (Å²) in [6, 6.07) is 22.4. The SMILES string of the molecule is COc1ccc([C@H](CC(=O)Nc2ccccc2C)N2Cc3ccccc3C2=O)cc1. The molecule has 1 N–H and O–H groups in total. The molecule has 1 aliphatic heterocycles. The number of methoxy groups -OCH3 is 1. The minimum Gasteiger partial charge on any atom is -0.497 e. The zero-order valence-electron chi connectivity index (χ0n) is 17.1. The molecule has 3 aromatic rings. The fourth-order valence-corrected chi connectivity index (χ4v) is 3.85. The molecule has 0 aromatic heterocycles. The molecule has 0 fully saturated rings. The lowest BCUT2D eigenvalue weighted by atomic mass is 10.0. The molecule has 152 valence electrons. The second-order valence-corrected chi connectivity index (χ2v) is 7.45. The van der Waals surface area contributed by atoms with Gasteiger partial charge in [-0.05, 0) is 47.9 Å². The van der Waals surface area contributed by atoms with Crippen molar-refractivity contribution in [3.63, 3.8) is 0 Å². The summed E-state index contributed by atoms with van der Waals surface area (Å²) in [5.74, 6) is 0.557. The lowest BCUT2D eigenvalue weighted by Gasteiger charge is -2.28. The van der Waals surface area contributed by atoms with Gasteiger partial charge in [0.1, 0.15) is 5.75 Å². The average Bonchev–Trinajstić information content (AvgIpc) is 3.10. The summed E-state index contributed by atoms with van der Waals surface area (Å²) in [5.41, 5.74) is 4.37. The molecule has 1 aliphatic rings. The van der Waals surface area contributed by atoms with Gasteiger partial charge >= 0.3 is 0 Å². The topological polar surface area (TPSA) is 58.6 Å². The lowest BCUT2D eigenvalue weighted by molar-refractivity contribution is -0.117. The van der Waals surface area contributed by atoms with Crippen LogP contribution in [-0.4, -0.2) is 23.8 Å². The van der Waals surface area contributed by atoms with E-state index in [9.17, 15) is 9.59 Å². The van der Waals surface area contributed by atoms with Crippen molar-refractivity contribution in [2.24, 2.45) is 0 Å². The molecule has 0 bridgehead atoms. The Kier molecular flexibility index (Phi) is 5.53. The highest BCUT2D eigenvalue weighted by molar-refractivity contribution is 5.99. The first-order valence-corrected chi connectivity index (χ1v) is 9.95. The molecule has 0 radical (unpaired) electrons. The summed E-state index contributed by atoms with van der Waals surface area (Å²) in [7, 11) is 1.61. The largest absolute Gasteiger partial charge is 0.497 e. The number of aryl methyl sites for hydroxylation is 1. The number of amides is 2. The number of hydrogen-bond donors (Lipinski definition) is 1. The van der Waals surface area contributed by atoms with Gasteiger partial charge in [-0.25, -0.2) is 0 Å². The van der Waals surface area contributed by atoms with Crippen LogP contribution in [0.15, 0.2) is 72.8 Å². The monoisotopic (exact) mass is 400 g/mol. The normalized spacial score (nSPS) is 13.7. The number of carbonyl (C=O) groups excluding carboxylic acids is 2. The number of hydrogen-bond acceptors (Lipinski definition) is 3. The number of carbonyl (C=O) groups is 2. The van der Waals surface area contributed by atoms with Crippen LogP contribution >= 0.6 is 0 Å². The van der Waals surface area contributed by atoms with Crippen molar-refractivity contribution in [1.82, 2.24) is 4.90 Å². The first-order valence-electron chi connectivity index (χ1n) is 9.95. The van der Waals surface area contributed by atoms with Gasteiger partial charge in [0.15, 0.2) is 0 Å². The molecule has 0 saturated heterocycles. The number of benzene rings is 3. The van der Waals surface area contributed by atoms with Crippen molar-refractivity contribution in [2.45, 2.75) is 25.9 Å². The highest BCUT2D eigenvalue weighted by atomic mass is 16.5. The van der Waals surface area contributed by atoms with Gasteiger partial charge in [-0.3, -0.25) is 9.59 Å². The molecule has 30 heavy (non-hydrogen) atoms. The van der Waals surface area contributed by atoms with Crippen LogP contribution in [0, 0.1) is 6.92 Å². The van der Waals surface area contributed by atoms with E-state index in [1.54, 1.807) is 12.0 Å². The van der Waals surface area contributed by atoms with E-state index in [1.807, 2.05) is 79.7 Å². The summed E-state index contributed by atoms with van der Waals surface area (Å²) >= 11 is 0. The van der Waals surface area contributed by atoms with Crippen molar-refractivity contribution in [1.29, 1.82) is 0 Å². The van der Waals surface area contributed by atoms with Crippen LogP contribution in [0.5, 0.6) is 5.75 Å². The molecule has 0 spiro atoms. The number of nitrogens with zero attached hydrogens (tertiary/aromatic N) is 1.